The molecule has 1 aliphatic rings. The quantitative estimate of drug-likeness (QED) is 0.905. The molecule has 0 saturated carbocycles. The van der Waals surface area contributed by atoms with Gasteiger partial charge < -0.3 is 5.32 Å². The number of hydrogen-bond donors (Lipinski definition) is 2. The highest BCUT2D eigenvalue weighted by atomic mass is 32.1. The average Bonchev–Trinajstić information content (AvgIpc) is 3.12. The van der Waals surface area contributed by atoms with Crippen molar-refractivity contribution < 1.29 is 4.79 Å². The summed E-state index contributed by atoms with van der Waals surface area (Å²) in [6, 6.07) is 10.4. The lowest BCUT2D eigenvalue weighted by Crippen LogP contribution is -2.39. The van der Waals surface area contributed by atoms with Crippen LogP contribution >= 0.6 is 11.3 Å². The predicted molar refractivity (Wildman–Crippen MR) is 82.2 cm³/mol. The van der Waals surface area contributed by atoms with Crippen LogP contribution in [0.5, 0.6) is 0 Å². The van der Waals surface area contributed by atoms with Gasteiger partial charge in [0.15, 0.2) is 0 Å². The molecule has 0 spiro atoms. The Morgan fingerprint density at radius 2 is 2.24 bits per heavy atom. The molecule has 0 bridgehead atoms. The van der Waals surface area contributed by atoms with Gasteiger partial charge in [0.2, 0.25) is 5.13 Å². The highest BCUT2D eigenvalue weighted by molar-refractivity contribution is 7.13. The SMILES string of the molecule is O=C(Nc1nncs1)N[C@@H]1CCN(Cc2ccccc2)C1. The first-order chi connectivity index (χ1) is 10.3. The van der Waals surface area contributed by atoms with Crippen LogP contribution in [-0.4, -0.2) is 40.3 Å². The van der Waals surface area contributed by atoms with E-state index in [4.69, 9.17) is 0 Å². The van der Waals surface area contributed by atoms with E-state index < -0.39 is 0 Å². The minimum Gasteiger partial charge on any atom is -0.334 e. The fourth-order valence-electron chi connectivity index (χ4n) is 2.48. The fourth-order valence-corrected chi connectivity index (χ4v) is 2.92. The maximum absolute atomic E-state index is 11.8. The zero-order valence-electron chi connectivity index (χ0n) is 11.5. The van der Waals surface area contributed by atoms with E-state index >= 15 is 0 Å². The molecule has 3 rings (SSSR count). The summed E-state index contributed by atoms with van der Waals surface area (Å²) in [4.78, 5) is 14.2. The van der Waals surface area contributed by atoms with Gasteiger partial charge in [-0.3, -0.25) is 10.2 Å². The molecule has 2 aromatic rings. The van der Waals surface area contributed by atoms with E-state index in [1.54, 1.807) is 5.51 Å². The van der Waals surface area contributed by atoms with Gasteiger partial charge in [-0.2, -0.15) is 0 Å². The fraction of sp³-hybridized carbons (Fsp3) is 0.357. The Bertz CT molecular complexity index is 574. The lowest BCUT2D eigenvalue weighted by Gasteiger charge is -2.16. The number of rotatable bonds is 4. The smallest absolute Gasteiger partial charge is 0.321 e. The summed E-state index contributed by atoms with van der Waals surface area (Å²) in [7, 11) is 0. The first-order valence-corrected chi connectivity index (χ1v) is 7.77. The molecule has 7 heteroatoms. The second-order valence-electron chi connectivity index (χ2n) is 5.05. The average molecular weight is 303 g/mol. The number of likely N-dealkylation sites (tertiary alicyclic amines) is 1. The molecule has 0 unspecified atom stereocenters. The lowest BCUT2D eigenvalue weighted by molar-refractivity contribution is 0.247. The summed E-state index contributed by atoms with van der Waals surface area (Å²) in [5.74, 6) is 0. The highest BCUT2D eigenvalue weighted by Gasteiger charge is 2.23. The third kappa shape index (κ3) is 3.99. The van der Waals surface area contributed by atoms with Gasteiger partial charge in [0.1, 0.15) is 5.51 Å². The first-order valence-electron chi connectivity index (χ1n) is 6.89. The van der Waals surface area contributed by atoms with Gasteiger partial charge in [0.05, 0.1) is 0 Å². The van der Waals surface area contributed by atoms with Crippen LogP contribution in [0.3, 0.4) is 0 Å². The topological polar surface area (TPSA) is 70.1 Å². The van der Waals surface area contributed by atoms with Gasteiger partial charge in [-0.1, -0.05) is 41.7 Å². The van der Waals surface area contributed by atoms with Crippen molar-refractivity contribution in [2.24, 2.45) is 0 Å². The molecule has 110 valence electrons. The van der Waals surface area contributed by atoms with Crippen molar-refractivity contribution in [2.45, 2.75) is 19.0 Å². The standard InChI is InChI=1S/C14H17N5OS/c20-13(17-14-18-15-10-21-14)16-12-6-7-19(9-12)8-11-4-2-1-3-5-11/h1-5,10,12H,6-9H2,(H2,16,17,18,20)/t12-/m1/s1. The number of aromatic nitrogens is 2. The molecule has 0 radical (unpaired) electrons. The molecule has 21 heavy (non-hydrogen) atoms. The van der Waals surface area contributed by atoms with Gasteiger partial charge in [-0.25, -0.2) is 4.79 Å². The Hall–Kier alpha value is -1.99. The van der Waals surface area contributed by atoms with Crippen molar-refractivity contribution in [3.8, 4) is 0 Å². The number of nitrogens with one attached hydrogen (secondary N) is 2. The van der Waals surface area contributed by atoms with Gasteiger partial charge >= 0.3 is 6.03 Å². The monoisotopic (exact) mass is 303 g/mol. The summed E-state index contributed by atoms with van der Waals surface area (Å²) in [6.45, 7) is 2.80. The van der Waals surface area contributed by atoms with Crippen LogP contribution in [0.1, 0.15) is 12.0 Å². The molecule has 2 heterocycles. The molecular formula is C14H17N5OS. The second-order valence-corrected chi connectivity index (χ2v) is 5.88. The van der Waals surface area contributed by atoms with Gasteiger partial charge in [0.25, 0.3) is 0 Å². The van der Waals surface area contributed by atoms with E-state index in [-0.39, 0.29) is 12.1 Å². The number of urea groups is 1. The van der Waals surface area contributed by atoms with Crippen molar-refractivity contribution in [3.63, 3.8) is 0 Å². The van der Waals surface area contributed by atoms with Gasteiger partial charge in [-0.15, -0.1) is 10.2 Å². The van der Waals surface area contributed by atoms with E-state index in [1.165, 1.54) is 16.9 Å². The second kappa shape index (κ2) is 6.64. The van der Waals surface area contributed by atoms with E-state index in [1.807, 2.05) is 6.07 Å². The highest BCUT2D eigenvalue weighted by Crippen LogP contribution is 2.14. The summed E-state index contributed by atoms with van der Waals surface area (Å²) in [5, 5.41) is 13.7. The zero-order chi connectivity index (χ0) is 14.5. The van der Waals surface area contributed by atoms with E-state index in [9.17, 15) is 4.79 Å². The number of benzene rings is 1. The Labute approximate surface area is 127 Å². The summed E-state index contributed by atoms with van der Waals surface area (Å²) >= 11 is 1.31. The third-order valence-corrected chi connectivity index (χ3v) is 4.04. The molecular weight excluding hydrogens is 286 g/mol. The number of nitrogens with zero attached hydrogens (tertiary/aromatic N) is 3. The molecule has 1 fully saturated rings. The molecule has 6 nitrogen and oxygen atoms in total. The van der Waals surface area contributed by atoms with E-state index in [0.29, 0.717) is 5.13 Å². The van der Waals surface area contributed by atoms with Gasteiger partial charge in [-0.05, 0) is 12.0 Å². The normalized spacial score (nSPS) is 18.6. The minimum atomic E-state index is -0.210. The third-order valence-electron chi connectivity index (χ3n) is 3.44. The van der Waals surface area contributed by atoms with Gasteiger partial charge in [0, 0.05) is 25.7 Å². The van der Waals surface area contributed by atoms with Crippen molar-refractivity contribution in [1.82, 2.24) is 20.4 Å². The molecule has 1 aromatic heterocycles. The maximum Gasteiger partial charge on any atom is 0.321 e. The van der Waals surface area contributed by atoms with E-state index in [2.05, 4.69) is 50.0 Å². The molecule has 0 aliphatic carbocycles. The number of amides is 2. The molecule has 2 amide bonds. The molecule has 1 saturated heterocycles. The zero-order valence-corrected chi connectivity index (χ0v) is 12.3. The van der Waals surface area contributed by atoms with Crippen molar-refractivity contribution in [3.05, 3.63) is 41.4 Å². The van der Waals surface area contributed by atoms with Crippen LogP contribution in [0.4, 0.5) is 9.93 Å². The van der Waals surface area contributed by atoms with Crippen molar-refractivity contribution in [2.75, 3.05) is 18.4 Å². The summed E-state index contributed by atoms with van der Waals surface area (Å²) in [6.07, 6.45) is 0.969. The van der Waals surface area contributed by atoms with E-state index in [0.717, 1.165) is 26.1 Å². The number of carbonyl (C=O) groups is 1. The first kappa shape index (κ1) is 14.0. The number of hydrogen-bond acceptors (Lipinski definition) is 5. The molecule has 1 aromatic carbocycles. The van der Waals surface area contributed by atoms with Crippen LogP contribution in [-0.2, 0) is 6.54 Å². The Balaban J connectivity index is 1.45. The number of anilines is 1. The van der Waals surface area contributed by atoms with Crippen LogP contribution in [0.2, 0.25) is 0 Å². The largest absolute Gasteiger partial charge is 0.334 e. The Kier molecular flexibility index (Phi) is 4.42. The Morgan fingerprint density at radius 1 is 1.38 bits per heavy atom. The van der Waals surface area contributed by atoms with Crippen LogP contribution in [0.25, 0.3) is 0 Å². The lowest BCUT2D eigenvalue weighted by atomic mass is 10.2. The van der Waals surface area contributed by atoms with Crippen molar-refractivity contribution >= 4 is 22.5 Å². The predicted octanol–water partition coefficient (Wildman–Crippen LogP) is 1.93. The van der Waals surface area contributed by atoms with Crippen LogP contribution in [0.15, 0.2) is 35.8 Å². The Morgan fingerprint density at radius 3 is 3.00 bits per heavy atom. The number of carbonyl (C=O) groups excluding carboxylic acids is 1. The summed E-state index contributed by atoms with van der Waals surface area (Å²) < 4.78 is 0. The minimum absolute atomic E-state index is 0.182. The van der Waals surface area contributed by atoms with Crippen molar-refractivity contribution in [1.29, 1.82) is 0 Å². The van der Waals surface area contributed by atoms with Crippen LogP contribution < -0.4 is 10.6 Å². The molecule has 1 atom stereocenters. The van der Waals surface area contributed by atoms with Crippen LogP contribution in [0, 0.1) is 0 Å². The molecule has 2 N–H and O–H groups in total. The molecule has 1 aliphatic heterocycles. The maximum atomic E-state index is 11.8. The summed E-state index contributed by atoms with van der Waals surface area (Å²) in [5.41, 5.74) is 2.89.